The zero-order valence-corrected chi connectivity index (χ0v) is 25.3. The maximum Gasteiger partial charge on any atom is 0.264 e. The number of carbonyl (C=O) groups is 2. The third kappa shape index (κ3) is 9.17. The van der Waals surface area contributed by atoms with Gasteiger partial charge in [0.15, 0.2) is 6.61 Å². The van der Waals surface area contributed by atoms with Gasteiger partial charge in [0, 0.05) is 6.54 Å². The van der Waals surface area contributed by atoms with Gasteiger partial charge in [-0.05, 0) is 85.1 Å². The topological polar surface area (TPSA) is 126 Å². The number of hydrogen-bond donors (Lipinski definition) is 2. The van der Waals surface area contributed by atoms with Crippen molar-refractivity contribution in [1.82, 2.24) is 10.7 Å². The van der Waals surface area contributed by atoms with Crippen LogP contribution in [0.3, 0.4) is 0 Å². The van der Waals surface area contributed by atoms with E-state index in [0.29, 0.717) is 29.3 Å². The molecule has 0 saturated carbocycles. The molecular formula is C33H34N4O6S. The average Bonchev–Trinajstić information content (AvgIpc) is 3.04. The predicted octanol–water partition coefficient (Wildman–Crippen LogP) is 4.09. The van der Waals surface area contributed by atoms with Crippen molar-refractivity contribution in [3.05, 3.63) is 120 Å². The Balaban J connectivity index is 1.30. The maximum atomic E-state index is 13.5. The molecule has 44 heavy (non-hydrogen) atoms. The average molecular weight is 615 g/mol. The number of methoxy groups -OCH3 is 1. The predicted molar refractivity (Wildman–Crippen MR) is 170 cm³/mol. The summed E-state index contributed by atoms with van der Waals surface area (Å²) in [6.45, 7) is 1.80. The minimum atomic E-state index is -4.08. The molecule has 4 aromatic carbocycles. The molecule has 228 valence electrons. The van der Waals surface area contributed by atoms with E-state index in [1.54, 1.807) is 60.7 Å². The number of nitrogens with zero attached hydrogens (tertiary/aromatic N) is 2. The summed E-state index contributed by atoms with van der Waals surface area (Å²) in [6, 6.07) is 29.4. The standard InChI is InChI=1S/C33H34N4O6S/c1-25-8-12-28(13-9-25)37(44(40,41)31-18-16-29(42-2)17-19-31)23-32(38)36-35-22-27-10-14-30(15-11-27)43-24-33(39)34-21-20-26-6-4-3-5-7-26/h3-19,22H,20-21,23-24H2,1-2H3,(H,34,39)(H,36,38)/b35-22-. The van der Waals surface area contributed by atoms with Crippen LogP contribution in [0.5, 0.6) is 11.5 Å². The van der Waals surface area contributed by atoms with Crippen molar-refractivity contribution in [2.24, 2.45) is 5.10 Å². The molecule has 10 nitrogen and oxygen atoms in total. The van der Waals surface area contributed by atoms with Gasteiger partial charge >= 0.3 is 0 Å². The monoisotopic (exact) mass is 614 g/mol. The molecule has 0 aromatic heterocycles. The molecule has 0 aliphatic carbocycles. The van der Waals surface area contributed by atoms with E-state index in [2.05, 4.69) is 15.8 Å². The highest BCUT2D eigenvalue weighted by molar-refractivity contribution is 7.92. The Hall–Kier alpha value is -5.16. The Bertz CT molecular complexity index is 1660. The molecule has 0 fully saturated rings. The van der Waals surface area contributed by atoms with Crippen LogP contribution in [-0.2, 0) is 26.0 Å². The Morgan fingerprint density at radius 3 is 2.16 bits per heavy atom. The van der Waals surface area contributed by atoms with Crippen LogP contribution in [0.25, 0.3) is 0 Å². The number of benzene rings is 4. The van der Waals surface area contributed by atoms with Crippen LogP contribution in [0.1, 0.15) is 16.7 Å². The van der Waals surface area contributed by atoms with Crippen molar-refractivity contribution < 1.29 is 27.5 Å². The van der Waals surface area contributed by atoms with Gasteiger partial charge < -0.3 is 14.8 Å². The third-order valence-electron chi connectivity index (χ3n) is 6.49. The molecule has 11 heteroatoms. The van der Waals surface area contributed by atoms with Crippen LogP contribution in [0, 0.1) is 6.92 Å². The third-order valence-corrected chi connectivity index (χ3v) is 8.28. The molecule has 4 rings (SSSR count). The quantitative estimate of drug-likeness (QED) is 0.163. The fourth-order valence-corrected chi connectivity index (χ4v) is 5.51. The lowest BCUT2D eigenvalue weighted by Crippen LogP contribution is -2.39. The second-order valence-corrected chi connectivity index (χ2v) is 11.6. The second kappa shape index (κ2) is 15.4. The van der Waals surface area contributed by atoms with Crippen molar-refractivity contribution in [3.8, 4) is 11.5 Å². The van der Waals surface area contributed by atoms with Gasteiger partial charge in [-0.3, -0.25) is 13.9 Å². The van der Waals surface area contributed by atoms with Gasteiger partial charge in [0.05, 0.1) is 23.9 Å². The highest BCUT2D eigenvalue weighted by Crippen LogP contribution is 2.25. The van der Waals surface area contributed by atoms with E-state index in [1.165, 1.54) is 25.5 Å². The van der Waals surface area contributed by atoms with Crippen LogP contribution in [0.15, 0.2) is 113 Å². The van der Waals surface area contributed by atoms with E-state index < -0.39 is 22.5 Å². The summed E-state index contributed by atoms with van der Waals surface area (Å²) in [6.07, 6.45) is 2.16. The van der Waals surface area contributed by atoms with E-state index in [-0.39, 0.29) is 17.4 Å². The maximum absolute atomic E-state index is 13.5. The molecule has 2 N–H and O–H groups in total. The molecule has 0 atom stereocenters. The summed E-state index contributed by atoms with van der Waals surface area (Å²) >= 11 is 0. The largest absolute Gasteiger partial charge is 0.497 e. The zero-order chi connectivity index (χ0) is 31.4. The van der Waals surface area contributed by atoms with E-state index >= 15 is 0 Å². The SMILES string of the molecule is COc1ccc(S(=O)(=O)N(CC(=O)N/N=C\c2ccc(OCC(=O)NCCc3ccccc3)cc2)c2ccc(C)cc2)cc1. The number of ether oxygens (including phenoxy) is 2. The molecule has 2 amide bonds. The molecule has 0 aliphatic heterocycles. The molecule has 0 bridgehead atoms. The van der Waals surface area contributed by atoms with E-state index in [4.69, 9.17) is 9.47 Å². The summed E-state index contributed by atoms with van der Waals surface area (Å²) in [5.41, 5.74) is 5.48. The van der Waals surface area contributed by atoms with Gasteiger partial charge in [0.1, 0.15) is 18.0 Å². The molecule has 0 spiro atoms. The lowest BCUT2D eigenvalue weighted by molar-refractivity contribution is -0.123. The molecule has 0 radical (unpaired) electrons. The van der Waals surface area contributed by atoms with E-state index in [9.17, 15) is 18.0 Å². The van der Waals surface area contributed by atoms with E-state index in [0.717, 1.165) is 21.9 Å². The number of rotatable bonds is 14. The van der Waals surface area contributed by atoms with Gasteiger partial charge in [0.2, 0.25) is 0 Å². The Labute approximate surface area is 257 Å². The van der Waals surface area contributed by atoms with Crippen molar-refractivity contribution in [2.75, 3.05) is 31.1 Å². The number of amides is 2. The fourth-order valence-electron chi connectivity index (χ4n) is 4.09. The number of carbonyl (C=O) groups excluding carboxylic acids is 2. The van der Waals surface area contributed by atoms with E-state index in [1.807, 2.05) is 37.3 Å². The Kier molecular flexibility index (Phi) is 11.1. The normalized spacial score (nSPS) is 11.1. The van der Waals surface area contributed by atoms with Crippen molar-refractivity contribution in [1.29, 1.82) is 0 Å². The van der Waals surface area contributed by atoms with Crippen LogP contribution in [0.4, 0.5) is 5.69 Å². The number of sulfonamides is 1. The minimum Gasteiger partial charge on any atom is -0.497 e. The van der Waals surface area contributed by atoms with Crippen LogP contribution >= 0.6 is 0 Å². The summed E-state index contributed by atoms with van der Waals surface area (Å²) < 4.78 is 38.7. The van der Waals surface area contributed by atoms with Crippen LogP contribution < -0.4 is 24.5 Å². The highest BCUT2D eigenvalue weighted by Gasteiger charge is 2.27. The van der Waals surface area contributed by atoms with Crippen molar-refractivity contribution in [2.45, 2.75) is 18.2 Å². The van der Waals surface area contributed by atoms with Gasteiger partial charge in [-0.2, -0.15) is 5.10 Å². The lowest BCUT2D eigenvalue weighted by Gasteiger charge is -2.24. The number of hydrogen-bond acceptors (Lipinski definition) is 7. The van der Waals surface area contributed by atoms with Gasteiger partial charge in [0.25, 0.3) is 21.8 Å². The molecule has 4 aromatic rings. The molecule has 0 unspecified atom stereocenters. The Morgan fingerprint density at radius 1 is 0.841 bits per heavy atom. The number of aryl methyl sites for hydroxylation is 1. The van der Waals surface area contributed by atoms with Gasteiger partial charge in [-0.15, -0.1) is 0 Å². The summed E-state index contributed by atoms with van der Waals surface area (Å²) in [4.78, 5) is 24.9. The lowest BCUT2D eigenvalue weighted by atomic mass is 10.1. The molecule has 0 heterocycles. The first-order valence-electron chi connectivity index (χ1n) is 13.8. The van der Waals surface area contributed by atoms with Crippen LogP contribution in [0.2, 0.25) is 0 Å². The smallest absolute Gasteiger partial charge is 0.264 e. The summed E-state index contributed by atoms with van der Waals surface area (Å²) in [5.74, 6) is 0.166. The minimum absolute atomic E-state index is 0.0159. The van der Waals surface area contributed by atoms with Crippen LogP contribution in [-0.4, -0.2) is 53.3 Å². The first-order chi connectivity index (χ1) is 21.2. The summed E-state index contributed by atoms with van der Waals surface area (Å²) in [5, 5.41) is 6.80. The van der Waals surface area contributed by atoms with Gasteiger partial charge in [-0.1, -0.05) is 48.0 Å². The molecule has 0 saturated heterocycles. The number of anilines is 1. The first-order valence-corrected chi connectivity index (χ1v) is 15.3. The zero-order valence-electron chi connectivity index (χ0n) is 24.5. The summed E-state index contributed by atoms with van der Waals surface area (Å²) in [7, 11) is -2.58. The fraction of sp³-hybridized carbons (Fsp3) is 0.182. The van der Waals surface area contributed by atoms with Crippen molar-refractivity contribution >= 4 is 33.7 Å². The first kappa shape index (κ1) is 31.8. The molecular weight excluding hydrogens is 580 g/mol. The number of nitrogens with one attached hydrogen (secondary N) is 2. The second-order valence-electron chi connectivity index (χ2n) is 9.76. The molecule has 0 aliphatic rings. The number of hydrazone groups is 1. The van der Waals surface area contributed by atoms with Crippen molar-refractivity contribution in [3.63, 3.8) is 0 Å². The Morgan fingerprint density at radius 2 is 1.50 bits per heavy atom. The highest BCUT2D eigenvalue weighted by atomic mass is 32.2. The van der Waals surface area contributed by atoms with Gasteiger partial charge in [-0.25, -0.2) is 13.8 Å².